The monoisotopic (exact) mass is 471 g/mol. The van der Waals surface area contributed by atoms with Crippen molar-refractivity contribution in [1.82, 2.24) is 15.3 Å². The third-order valence-electron chi connectivity index (χ3n) is 6.30. The molecule has 2 aromatic carbocycles. The lowest BCUT2D eigenvalue weighted by molar-refractivity contribution is 0.0884. The maximum Gasteiger partial charge on any atom is 0.287 e. The molecule has 0 radical (unpaired) electrons. The van der Waals surface area contributed by atoms with Crippen molar-refractivity contribution in [2.45, 2.75) is 44.4 Å². The third kappa shape index (κ3) is 4.58. The molecule has 3 heterocycles. The highest BCUT2D eigenvalue weighted by atomic mass is 35.5. The van der Waals surface area contributed by atoms with Gasteiger partial charge in [0.1, 0.15) is 5.39 Å². The normalized spacial score (nSPS) is 21.5. The summed E-state index contributed by atoms with van der Waals surface area (Å²) < 4.78 is 26.1. The Morgan fingerprint density at radius 3 is 2.94 bits per heavy atom. The van der Waals surface area contributed by atoms with Gasteiger partial charge in [-0.15, -0.1) is 0 Å². The summed E-state index contributed by atoms with van der Waals surface area (Å²) in [5, 5.41) is 3.24. The van der Waals surface area contributed by atoms with Gasteiger partial charge in [0.2, 0.25) is 0 Å². The highest BCUT2D eigenvalue weighted by Gasteiger charge is 2.40. The number of ether oxygens (including phenoxy) is 2. The van der Waals surface area contributed by atoms with Crippen LogP contribution in [0.2, 0.25) is 5.02 Å². The van der Waals surface area contributed by atoms with Crippen molar-refractivity contribution in [2.75, 3.05) is 6.61 Å². The van der Waals surface area contributed by atoms with E-state index in [4.69, 9.17) is 21.1 Å². The van der Waals surface area contributed by atoms with Gasteiger partial charge in [-0.2, -0.15) is 0 Å². The van der Waals surface area contributed by atoms with Crippen LogP contribution in [0.25, 0.3) is 10.9 Å². The van der Waals surface area contributed by atoms with Crippen LogP contribution in [-0.2, 0) is 11.3 Å². The number of carbonyl (C=O) groups is 1. The Hall–Kier alpha value is -2.97. The second-order valence-electron chi connectivity index (χ2n) is 8.50. The lowest BCUT2D eigenvalue weighted by atomic mass is 9.87. The van der Waals surface area contributed by atoms with Crippen LogP contribution in [0, 0.1) is 11.7 Å². The molecule has 7 nitrogen and oxygen atoms in total. The van der Waals surface area contributed by atoms with E-state index in [2.05, 4.69) is 15.3 Å². The van der Waals surface area contributed by atoms with Crippen LogP contribution < -0.4 is 15.6 Å². The van der Waals surface area contributed by atoms with Crippen molar-refractivity contribution < 1.29 is 18.7 Å². The van der Waals surface area contributed by atoms with Crippen molar-refractivity contribution in [1.29, 1.82) is 0 Å². The van der Waals surface area contributed by atoms with Crippen molar-refractivity contribution in [2.24, 2.45) is 5.92 Å². The molecule has 1 aromatic heterocycles. The maximum atomic E-state index is 14.5. The molecule has 0 saturated carbocycles. The molecule has 33 heavy (non-hydrogen) atoms. The average Bonchev–Trinajstić information content (AvgIpc) is 3.42. The van der Waals surface area contributed by atoms with Crippen LogP contribution >= 0.6 is 11.6 Å². The minimum Gasteiger partial charge on any atom is -0.490 e. The van der Waals surface area contributed by atoms with Gasteiger partial charge in [0.25, 0.3) is 11.5 Å². The molecule has 1 amide bonds. The third-order valence-corrected chi connectivity index (χ3v) is 6.54. The molecular weight excluding hydrogens is 449 g/mol. The Balaban J connectivity index is 1.31. The van der Waals surface area contributed by atoms with Crippen LogP contribution in [0.3, 0.4) is 0 Å². The summed E-state index contributed by atoms with van der Waals surface area (Å²) in [5.41, 5.74) is 0.356. The minimum absolute atomic E-state index is 0.00872. The first kappa shape index (κ1) is 21.9. The van der Waals surface area contributed by atoms with E-state index < -0.39 is 17.3 Å². The quantitative estimate of drug-likeness (QED) is 0.543. The summed E-state index contributed by atoms with van der Waals surface area (Å²) in [6.07, 6.45) is 4.49. The molecule has 1 unspecified atom stereocenters. The van der Waals surface area contributed by atoms with E-state index in [1.807, 2.05) is 6.07 Å². The number of H-pyrrole nitrogens is 1. The Labute approximate surface area is 194 Å². The molecule has 2 fully saturated rings. The van der Waals surface area contributed by atoms with Gasteiger partial charge in [0, 0.05) is 11.6 Å². The lowest BCUT2D eigenvalue weighted by Gasteiger charge is -2.18. The smallest absolute Gasteiger partial charge is 0.287 e. The Bertz CT molecular complexity index is 1260. The van der Waals surface area contributed by atoms with Crippen LogP contribution in [0.4, 0.5) is 4.39 Å². The van der Waals surface area contributed by atoms with Crippen molar-refractivity contribution >= 4 is 28.4 Å². The molecule has 2 aliphatic heterocycles. The first-order valence-corrected chi connectivity index (χ1v) is 11.4. The molecule has 2 bridgehead atoms. The standard InChI is InChI=1S/C24H23ClFN3O4/c25-15-3-1-2-13(10-15)12-27-24(31)22-28-18-6-5-17(26)21(20(18)23(30)29-22)32-9-8-14-11-16-4-7-19(14)33-16/h1-3,5-6,10,14,16,19H,4,7-9,11-12H2,(H,27,31)(H,28,29,30)/t14?,16-,19+/m1/s1. The summed E-state index contributed by atoms with van der Waals surface area (Å²) in [4.78, 5) is 32.0. The number of halogens is 2. The van der Waals surface area contributed by atoms with Gasteiger partial charge in [-0.3, -0.25) is 9.59 Å². The van der Waals surface area contributed by atoms with Gasteiger partial charge < -0.3 is 19.8 Å². The zero-order valence-corrected chi connectivity index (χ0v) is 18.5. The van der Waals surface area contributed by atoms with E-state index in [0.717, 1.165) is 31.2 Å². The molecule has 2 N–H and O–H groups in total. The summed E-state index contributed by atoms with van der Waals surface area (Å²) in [6, 6.07) is 9.62. The van der Waals surface area contributed by atoms with Gasteiger partial charge in [-0.25, -0.2) is 9.37 Å². The first-order chi connectivity index (χ1) is 16.0. The number of benzene rings is 2. The molecule has 172 valence electrons. The van der Waals surface area contributed by atoms with Crippen LogP contribution in [0.15, 0.2) is 41.2 Å². The fraction of sp³-hybridized carbons (Fsp3) is 0.375. The summed E-state index contributed by atoms with van der Waals surface area (Å²) in [6.45, 7) is 0.486. The predicted molar refractivity (Wildman–Crippen MR) is 121 cm³/mol. The van der Waals surface area contributed by atoms with Crippen LogP contribution in [-0.4, -0.2) is 34.7 Å². The van der Waals surface area contributed by atoms with Gasteiger partial charge in [-0.05, 0) is 61.4 Å². The number of nitrogens with zero attached hydrogens (tertiary/aromatic N) is 1. The van der Waals surface area contributed by atoms with E-state index in [-0.39, 0.29) is 41.7 Å². The number of hydrogen-bond donors (Lipinski definition) is 2. The summed E-state index contributed by atoms with van der Waals surface area (Å²) in [7, 11) is 0. The van der Waals surface area contributed by atoms with E-state index >= 15 is 0 Å². The highest BCUT2D eigenvalue weighted by Crippen LogP contribution is 2.40. The molecule has 3 atom stereocenters. The maximum absolute atomic E-state index is 14.5. The van der Waals surface area contributed by atoms with Gasteiger partial charge in [0.05, 0.1) is 24.3 Å². The number of fused-ring (bicyclic) bond motifs is 3. The van der Waals surface area contributed by atoms with Crippen molar-refractivity contribution in [3.05, 3.63) is 69.0 Å². The zero-order valence-electron chi connectivity index (χ0n) is 17.8. The Morgan fingerprint density at radius 2 is 2.18 bits per heavy atom. The van der Waals surface area contributed by atoms with Crippen LogP contribution in [0.5, 0.6) is 5.75 Å². The molecule has 0 aliphatic carbocycles. The summed E-state index contributed by atoms with van der Waals surface area (Å²) >= 11 is 5.96. The second kappa shape index (κ2) is 9.11. The minimum atomic E-state index is -0.642. The van der Waals surface area contributed by atoms with E-state index in [1.165, 1.54) is 12.1 Å². The Morgan fingerprint density at radius 1 is 1.30 bits per heavy atom. The lowest BCUT2D eigenvalue weighted by Crippen LogP contribution is -2.27. The molecular formula is C24H23ClFN3O4. The van der Waals surface area contributed by atoms with Crippen molar-refractivity contribution in [3.63, 3.8) is 0 Å². The second-order valence-corrected chi connectivity index (χ2v) is 8.94. The summed E-state index contributed by atoms with van der Waals surface area (Å²) in [5.74, 6) is -1.11. The largest absolute Gasteiger partial charge is 0.490 e. The SMILES string of the molecule is O=C(NCc1cccc(Cl)c1)c1nc2ccc(F)c(OCCC3C[C@H]4CC[C@@H]3O4)c2c(=O)[nH]1. The average molecular weight is 472 g/mol. The number of nitrogens with one attached hydrogen (secondary N) is 2. The first-order valence-electron chi connectivity index (χ1n) is 11.0. The fourth-order valence-electron chi connectivity index (χ4n) is 4.70. The number of hydrogen-bond acceptors (Lipinski definition) is 5. The number of rotatable bonds is 7. The van der Waals surface area contributed by atoms with Gasteiger partial charge in [-0.1, -0.05) is 23.7 Å². The van der Waals surface area contributed by atoms with Crippen LogP contribution in [0.1, 0.15) is 41.9 Å². The van der Waals surface area contributed by atoms with Gasteiger partial charge >= 0.3 is 0 Å². The molecule has 5 rings (SSSR count). The molecule has 2 saturated heterocycles. The number of amides is 1. The molecule has 3 aromatic rings. The number of aromatic amines is 1. The predicted octanol–water partition coefficient (Wildman–Crippen LogP) is 3.98. The van der Waals surface area contributed by atoms with E-state index in [0.29, 0.717) is 17.0 Å². The zero-order chi connectivity index (χ0) is 22.9. The Kier molecular flexibility index (Phi) is 6.03. The fourth-order valence-corrected chi connectivity index (χ4v) is 4.91. The topological polar surface area (TPSA) is 93.3 Å². The molecule has 2 aliphatic rings. The number of carbonyl (C=O) groups excluding carboxylic acids is 1. The van der Waals surface area contributed by atoms with Gasteiger partial charge in [0.15, 0.2) is 17.4 Å². The highest BCUT2D eigenvalue weighted by molar-refractivity contribution is 6.30. The number of aromatic nitrogens is 2. The van der Waals surface area contributed by atoms with E-state index in [9.17, 15) is 14.0 Å². The van der Waals surface area contributed by atoms with E-state index in [1.54, 1.807) is 18.2 Å². The van der Waals surface area contributed by atoms with Crippen molar-refractivity contribution in [3.8, 4) is 5.75 Å². The molecule has 9 heteroatoms. The molecule has 0 spiro atoms.